The Labute approximate surface area is 159 Å². The van der Waals surface area contributed by atoms with Crippen molar-refractivity contribution < 1.29 is 0 Å². The monoisotopic (exact) mass is 350 g/mol. The van der Waals surface area contributed by atoms with E-state index >= 15 is 0 Å². The van der Waals surface area contributed by atoms with Crippen LogP contribution in [0.1, 0.15) is 76.0 Å². The van der Waals surface area contributed by atoms with E-state index in [1.54, 1.807) is 0 Å². The summed E-state index contributed by atoms with van der Waals surface area (Å²) in [5.41, 5.74) is 4.54. The highest BCUT2D eigenvalue weighted by Crippen LogP contribution is 2.34. The van der Waals surface area contributed by atoms with Gasteiger partial charge in [-0.15, -0.1) is 0 Å². The number of aromatic nitrogens is 2. The van der Waals surface area contributed by atoms with Crippen LogP contribution in [0.25, 0.3) is 11.3 Å². The average molecular weight is 351 g/mol. The molecule has 0 unspecified atom stereocenters. The maximum atomic E-state index is 4.48. The van der Waals surface area contributed by atoms with E-state index in [0.29, 0.717) is 0 Å². The molecule has 140 valence electrons. The van der Waals surface area contributed by atoms with Gasteiger partial charge in [0.25, 0.3) is 0 Å². The summed E-state index contributed by atoms with van der Waals surface area (Å²) in [7, 11) is 0. The van der Waals surface area contributed by atoms with Gasteiger partial charge >= 0.3 is 0 Å². The molecule has 1 aromatic heterocycles. The van der Waals surface area contributed by atoms with Gasteiger partial charge in [-0.3, -0.25) is 0 Å². The molecule has 2 heteroatoms. The lowest BCUT2D eigenvalue weighted by Crippen LogP contribution is -2.15. The Morgan fingerprint density at radius 3 is 2.12 bits per heavy atom. The predicted molar refractivity (Wildman–Crippen MR) is 110 cm³/mol. The average Bonchev–Trinajstić information content (AvgIpc) is 2.69. The molecule has 0 aliphatic heterocycles. The number of unbranched alkanes of at least 4 members (excludes halogenated alkanes) is 2. The van der Waals surface area contributed by atoms with Crippen molar-refractivity contribution in [2.24, 2.45) is 11.8 Å². The standard InChI is InChI=1S/C24H34N2/c1-3-4-5-6-20-9-11-21(12-10-20)13-16-23-17-18-24(26-25-23)22-14-7-19(2)8-15-22/h7-8,14-15,17-18,20-21H,3-6,9-13,16H2,1-2H3. The van der Waals surface area contributed by atoms with Crippen LogP contribution < -0.4 is 0 Å². The van der Waals surface area contributed by atoms with Crippen LogP contribution in [0, 0.1) is 18.8 Å². The first-order valence-corrected chi connectivity index (χ1v) is 10.6. The molecule has 0 radical (unpaired) electrons. The number of nitrogens with zero attached hydrogens (tertiary/aromatic N) is 2. The molecule has 0 saturated heterocycles. The first-order chi connectivity index (χ1) is 12.7. The summed E-state index contributed by atoms with van der Waals surface area (Å²) in [4.78, 5) is 0. The van der Waals surface area contributed by atoms with E-state index < -0.39 is 0 Å². The van der Waals surface area contributed by atoms with Crippen molar-refractivity contribution in [2.45, 2.75) is 78.1 Å². The highest BCUT2D eigenvalue weighted by atomic mass is 15.1. The topological polar surface area (TPSA) is 25.8 Å². The molecular weight excluding hydrogens is 316 g/mol. The van der Waals surface area contributed by atoms with Gasteiger partial charge in [0.05, 0.1) is 11.4 Å². The third-order valence-corrected chi connectivity index (χ3v) is 6.06. The zero-order valence-corrected chi connectivity index (χ0v) is 16.6. The van der Waals surface area contributed by atoms with Crippen LogP contribution in [0.4, 0.5) is 0 Å². The summed E-state index contributed by atoms with van der Waals surface area (Å²) in [5, 5.41) is 8.92. The fourth-order valence-corrected chi connectivity index (χ4v) is 4.22. The van der Waals surface area contributed by atoms with Crippen LogP contribution in [-0.4, -0.2) is 10.2 Å². The first-order valence-electron chi connectivity index (χ1n) is 10.6. The van der Waals surface area contributed by atoms with Crippen molar-refractivity contribution in [2.75, 3.05) is 0 Å². The van der Waals surface area contributed by atoms with E-state index in [-0.39, 0.29) is 0 Å². The number of hydrogen-bond acceptors (Lipinski definition) is 2. The Hall–Kier alpha value is -1.70. The van der Waals surface area contributed by atoms with Crippen molar-refractivity contribution in [1.29, 1.82) is 0 Å². The summed E-state index contributed by atoms with van der Waals surface area (Å²) in [6.07, 6.45) is 13.8. The lowest BCUT2D eigenvalue weighted by molar-refractivity contribution is 0.248. The Kier molecular flexibility index (Phi) is 7.22. The van der Waals surface area contributed by atoms with Crippen LogP contribution in [0.5, 0.6) is 0 Å². The molecule has 1 aliphatic carbocycles. The quantitative estimate of drug-likeness (QED) is 0.491. The molecule has 2 nitrogen and oxygen atoms in total. The third-order valence-electron chi connectivity index (χ3n) is 6.06. The number of hydrogen-bond donors (Lipinski definition) is 0. The zero-order valence-electron chi connectivity index (χ0n) is 16.6. The summed E-state index contributed by atoms with van der Waals surface area (Å²) in [5.74, 6) is 1.90. The second-order valence-electron chi connectivity index (χ2n) is 8.20. The van der Waals surface area contributed by atoms with Crippen LogP contribution in [0.3, 0.4) is 0 Å². The predicted octanol–water partition coefficient (Wildman–Crippen LogP) is 6.77. The number of benzene rings is 1. The van der Waals surface area contributed by atoms with Crippen molar-refractivity contribution >= 4 is 0 Å². The largest absolute Gasteiger partial charge is 0.155 e. The van der Waals surface area contributed by atoms with Crippen LogP contribution in [0.15, 0.2) is 36.4 Å². The fourth-order valence-electron chi connectivity index (χ4n) is 4.22. The Bertz CT molecular complexity index is 637. The van der Waals surface area contributed by atoms with Crippen LogP contribution in [-0.2, 0) is 6.42 Å². The highest BCUT2D eigenvalue weighted by Gasteiger charge is 2.20. The van der Waals surface area contributed by atoms with Crippen LogP contribution in [0.2, 0.25) is 0 Å². The van der Waals surface area contributed by atoms with Crippen molar-refractivity contribution in [3.05, 3.63) is 47.7 Å². The Morgan fingerprint density at radius 2 is 1.50 bits per heavy atom. The molecule has 1 aromatic carbocycles. The molecule has 1 saturated carbocycles. The minimum Gasteiger partial charge on any atom is -0.155 e. The molecule has 1 heterocycles. The molecule has 0 spiro atoms. The van der Waals surface area contributed by atoms with E-state index in [1.807, 2.05) is 0 Å². The van der Waals surface area contributed by atoms with E-state index in [2.05, 4.69) is 60.4 Å². The fraction of sp³-hybridized carbons (Fsp3) is 0.583. The molecule has 1 aliphatic rings. The number of rotatable bonds is 8. The van der Waals surface area contributed by atoms with Gasteiger partial charge < -0.3 is 0 Å². The minimum atomic E-state index is 0.899. The SMILES string of the molecule is CCCCCC1CCC(CCc2ccc(-c3ccc(C)cc3)nn2)CC1. The van der Waals surface area contributed by atoms with Gasteiger partial charge in [0.1, 0.15) is 0 Å². The smallest absolute Gasteiger partial charge is 0.0929 e. The van der Waals surface area contributed by atoms with Gasteiger partial charge in [-0.25, -0.2) is 0 Å². The zero-order chi connectivity index (χ0) is 18.2. The molecule has 0 amide bonds. The maximum absolute atomic E-state index is 4.48. The van der Waals surface area contributed by atoms with Gasteiger partial charge in [0, 0.05) is 5.56 Å². The van der Waals surface area contributed by atoms with Crippen molar-refractivity contribution in [1.82, 2.24) is 10.2 Å². The molecule has 0 atom stereocenters. The van der Waals surface area contributed by atoms with Gasteiger partial charge in [0.15, 0.2) is 0 Å². The molecular formula is C24H34N2. The normalized spacial score (nSPS) is 20.2. The number of aryl methyl sites for hydroxylation is 2. The van der Waals surface area contributed by atoms with E-state index in [9.17, 15) is 0 Å². The minimum absolute atomic E-state index is 0.899. The highest BCUT2D eigenvalue weighted by molar-refractivity contribution is 5.58. The Balaban J connectivity index is 1.42. The molecule has 3 rings (SSSR count). The molecule has 1 fully saturated rings. The molecule has 26 heavy (non-hydrogen) atoms. The van der Waals surface area contributed by atoms with E-state index in [0.717, 1.165) is 35.2 Å². The molecule has 2 aromatic rings. The lowest BCUT2D eigenvalue weighted by Gasteiger charge is -2.28. The van der Waals surface area contributed by atoms with Crippen molar-refractivity contribution in [3.8, 4) is 11.3 Å². The second-order valence-corrected chi connectivity index (χ2v) is 8.20. The molecule has 0 N–H and O–H groups in total. The summed E-state index contributed by atoms with van der Waals surface area (Å²) < 4.78 is 0. The first kappa shape index (κ1) is 19.1. The van der Waals surface area contributed by atoms with Gasteiger partial charge in [-0.05, 0) is 43.7 Å². The van der Waals surface area contributed by atoms with Crippen LogP contribution >= 0.6 is 0 Å². The summed E-state index contributed by atoms with van der Waals surface area (Å²) in [6.45, 7) is 4.41. The summed E-state index contributed by atoms with van der Waals surface area (Å²) >= 11 is 0. The molecule has 0 bridgehead atoms. The lowest BCUT2D eigenvalue weighted by atomic mass is 9.78. The third kappa shape index (κ3) is 5.65. The van der Waals surface area contributed by atoms with Gasteiger partial charge in [-0.1, -0.05) is 88.1 Å². The van der Waals surface area contributed by atoms with Gasteiger partial charge in [-0.2, -0.15) is 10.2 Å². The maximum Gasteiger partial charge on any atom is 0.0929 e. The second kappa shape index (κ2) is 9.85. The summed E-state index contributed by atoms with van der Waals surface area (Å²) in [6, 6.07) is 12.8. The Morgan fingerprint density at radius 1 is 0.808 bits per heavy atom. The van der Waals surface area contributed by atoms with E-state index in [4.69, 9.17) is 0 Å². The van der Waals surface area contributed by atoms with Crippen molar-refractivity contribution in [3.63, 3.8) is 0 Å². The van der Waals surface area contributed by atoms with Gasteiger partial charge in [0.2, 0.25) is 0 Å². The van der Waals surface area contributed by atoms with E-state index in [1.165, 1.54) is 63.4 Å².